The summed E-state index contributed by atoms with van der Waals surface area (Å²) in [6.45, 7) is 11.0. The van der Waals surface area contributed by atoms with Crippen LogP contribution in [0.15, 0.2) is 18.3 Å². The van der Waals surface area contributed by atoms with Crippen LogP contribution in [0.4, 0.5) is 4.79 Å². The van der Waals surface area contributed by atoms with Gasteiger partial charge < -0.3 is 14.6 Å². The van der Waals surface area contributed by atoms with E-state index in [4.69, 9.17) is 9.47 Å². The van der Waals surface area contributed by atoms with Gasteiger partial charge in [0.25, 0.3) is 0 Å². The number of thioether (sulfide) groups is 1. The first kappa shape index (κ1) is 26.8. The molecule has 34 heavy (non-hydrogen) atoms. The summed E-state index contributed by atoms with van der Waals surface area (Å²) in [6, 6.07) is 3.37. The highest BCUT2D eigenvalue weighted by atomic mass is 32.2. The molecular weight excluding hydrogens is 472 g/mol. The molecular formula is C25H36N2O5S2. The first-order valence-electron chi connectivity index (χ1n) is 11.7. The van der Waals surface area contributed by atoms with Crippen LogP contribution in [0.5, 0.6) is 0 Å². The lowest BCUT2D eigenvalue weighted by atomic mass is 9.85. The van der Waals surface area contributed by atoms with E-state index in [0.717, 1.165) is 35.0 Å². The van der Waals surface area contributed by atoms with Gasteiger partial charge in [0.2, 0.25) is 5.79 Å². The lowest BCUT2D eigenvalue weighted by Crippen LogP contribution is -2.65. The van der Waals surface area contributed by atoms with Gasteiger partial charge in [0, 0.05) is 52.7 Å². The Balaban J connectivity index is 2.16. The maximum absolute atomic E-state index is 13.6. The monoisotopic (exact) mass is 508 g/mol. The second-order valence-corrected chi connectivity index (χ2v) is 12.3. The number of carboxylic acid groups (broad SMARTS) is 1. The number of esters is 1. The number of hydrogen-bond donors (Lipinski definition) is 1. The van der Waals surface area contributed by atoms with Crippen LogP contribution in [0.1, 0.15) is 65.0 Å². The Morgan fingerprint density at radius 3 is 2.59 bits per heavy atom. The van der Waals surface area contributed by atoms with Crippen molar-refractivity contribution in [3.05, 3.63) is 28.9 Å². The number of ether oxygens (including phenoxy) is 2. The molecule has 0 unspecified atom stereocenters. The molecule has 9 heteroatoms. The molecule has 1 N–H and O–H groups in total. The topological polar surface area (TPSA) is 89.0 Å². The van der Waals surface area contributed by atoms with Gasteiger partial charge in [-0.3, -0.25) is 9.88 Å². The lowest BCUT2D eigenvalue weighted by Gasteiger charge is -2.45. The van der Waals surface area contributed by atoms with Crippen LogP contribution in [-0.4, -0.2) is 62.0 Å². The number of aromatic nitrogens is 1. The molecule has 188 valence electrons. The van der Waals surface area contributed by atoms with Crippen LogP contribution in [-0.2, 0) is 27.1 Å². The predicted octanol–water partition coefficient (Wildman–Crippen LogP) is 5.74. The van der Waals surface area contributed by atoms with E-state index in [1.54, 1.807) is 31.4 Å². The minimum Gasteiger partial charge on any atom is -0.465 e. The Bertz CT molecular complexity index is 1050. The average molecular weight is 509 g/mol. The Hall–Kier alpha value is -1.84. The molecule has 1 amide bonds. The van der Waals surface area contributed by atoms with Gasteiger partial charge >= 0.3 is 12.1 Å². The highest BCUT2D eigenvalue weighted by Crippen LogP contribution is 2.43. The first-order valence-corrected chi connectivity index (χ1v) is 13.9. The van der Waals surface area contributed by atoms with Crippen molar-refractivity contribution in [2.45, 2.75) is 90.2 Å². The van der Waals surface area contributed by atoms with Crippen molar-refractivity contribution in [2.75, 3.05) is 12.0 Å². The van der Waals surface area contributed by atoms with E-state index in [9.17, 15) is 14.7 Å². The normalized spacial score (nSPS) is 21.0. The van der Waals surface area contributed by atoms with Gasteiger partial charge in [-0.05, 0) is 52.0 Å². The molecule has 2 atom stereocenters. The van der Waals surface area contributed by atoms with Crippen molar-refractivity contribution in [1.82, 2.24) is 9.88 Å². The molecule has 0 bridgehead atoms. The first-order chi connectivity index (χ1) is 15.8. The Kier molecular flexibility index (Phi) is 7.89. The van der Waals surface area contributed by atoms with E-state index in [0.29, 0.717) is 5.75 Å². The predicted molar refractivity (Wildman–Crippen MR) is 138 cm³/mol. The summed E-state index contributed by atoms with van der Waals surface area (Å²) >= 11 is 3.21. The van der Waals surface area contributed by atoms with Gasteiger partial charge in [0.05, 0.1) is 11.7 Å². The summed E-state index contributed by atoms with van der Waals surface area (Å²) < 4.78 is 13.2. The third kappa shape index (κ3) is 5.36. The largest absolute Gasteiger partial charge is 0.465 e. The number of carbonyl (C=O) groups excluding carboxylic acids is 1. The summed E-state index contributed by atoms with van der Waals surface area (Å²) in [4.78, 5) is 33.3. The SMILES string of the molecule is CCCCc1cc2c(C[C@]3([C@H](CSC)N(C(=O)O)C(C)(C)C)OC(C)(C)OC3=O)nccc2s1. The van der Waals surface area contributed by atoms with Crippen molar-refractivity contribution in [3.63, 3.8) is 0 Å². The van der Waals surface area contributed by atoms with Crippen LogP contribution in [0.3, 0.4) is 0 Å². The third-order valence-corrected chi connectivity index (χ3v) is 7.81. The Labute approximate surface area is 210 Å². The summed E-state index contributed by atoms with van der Waals surface area (Å²) in [5.41, 5.74) is -1.56. The molecule has 0 saturated carbocycles. The van der Waals surface area contributed by atoms with Crippen LogP contribution >= 0.6 is 23.1 Å². The van der Waals surface area contributed by atoms with E-state index >= 15 is 0 Å². The zero-order chi connectivity index (χ0) is 25.3. The molecule has 0 aliphatic carbocycles. The summed E-state index contributed by atoms with van der Waals surface area (Å²) in [7, 11) is 0. The number of thiophene rings is 1. The fourth-order valence-electron chi connectivity index (χ4n) is 4.64. The number of aryl methyl sites for hydroxylation is 1. The number of cyclic esters (lactones) is 1. The lowest BCUT2D eigenvalue weighted by molar-refractivity contribution is -0.176. The number of unbranched alkanes of at least 4 members (excludes halogenated alkanes) is 1. The second-order valence-electron chi connectivity index (χ2n) is 10.2. The third-order valence-electron chi connectivity index (χ3n) is 6.00. The number of pyridine rings is 1. The summed E-state index contributed by atoms with van der Waals surface area (Å²) in [5.74, 6) is -1.35. The van der Waals surface area contributed by atoms with E-state index in [1.165, 1.54) is 21.5 Å². The molecule has 2 aromatic heterocycles. The van der Waals surface area contributed by atoms with Crippen molar-refractivity contribution in [1.29, 1.82) is 0 Å². The number of carbonyl (C=O) groups is 2. The van der Waals surface area contributed by atoms with E-state index in [1.807, 2.05) is 33.1 Å². The van der Waals surface area contributed by atoms with Gasteiger partial charge in [-0.15, -0.1) is 11.3 Å². The molecule has 3 rings (SSSR count). The quantitative estimate of drug-likeness (QED) is 0.432. The molecule has 1 aliphatic heterocycles. The van der Waals surface area contributed by atoms with Crippen molar-refractivity contribution < 1.29 is 24.2 Å². The average Bonchev–Trinajstić information content (AvgIpc) is 3.23. The summed E-state index contributed by atoms with van der Waals surface area (Å²) in [5, 5.41) is 11.2. The number of hydrogen-bond acceptors (Lipinski definition) is 7. The fourth-order valence-corrected chi connectivity index (χ4v) is 6.49. The Morgan fingerprint density at radius 2 is 2.06 bits per heavy atom. The van der Waals surface area contributed by atoms with Crippen molar-refractivity contribution >= 4 is 45.2 Å². The highest BCUT2D eigenvalue weighted by Gasteiger charge is 2.62. The number of nitrogens with zero attached hydrogens (tertiary/aromatic N) is 2. The molecule has 1 saturated heterocycles. The number of rotatable bonds is 9. The smallest absolute Gasteiger partial charge is 0.408 e. The van der Waals surface area contributed by atoms with Crippen LogP contribution in [0.2, 0.25) is 0 Å². The molecule has 2 aromatic rings. The molecule has 0 radical (unpaired) electrons. The molecule has 0 aromatic carbocycles. The number of fused-ring (bicyclic) bond motifs is 1. The summed E-state index contributed by atoms with van der Waals surface area (Å²) in [6.07, 6.45) is 5.89. The maximum Gasteiger partial charge on any atom is 0.408 e. The molecule has 0 spiro atoms. The van der Waals surface area contributed by atoms with Gasteiger partial charge in [0.15, 0.2) is 5.60 Å². The van der Waals surface area contributed by atoms with Gasteiger partial charge in [-0.1, -0.05) is 13.3 Å². The zero-order valence-corrected chi connectivity index (χ0v) is 22.8. The molecule has 3 heterocycles. The fraction of sp³-hybridized carbons (Fsp3) is 0.640. The minimum atomic E-state index is -1.52. The second kappa shape index (κ2) is 10.0. The van der Waals surface area contributed by atoms with Gasteiger partial charge in [0.1, 0.15) is 0 Å². The molecule has 1 fully saturated rings. The van der Waals surface area contributed by atoms with E-state index < -0.39 is 35.0 Å². The van der Waals surface area contributed by atoms with Gasteiger partial charge in [-0.25, -0.2) is 9.59 Å². The highest BCUT2D eigenvalue weighted by molar-refractivity contribution is 7.98. The minimum absolute atomic E-state index is 0.127. The van der Waals surface area contributed by atoms with Crippen LogP contribution in [0.25, 0.3) is 10.1 Å². The van der Waals surface area contributed by atoms with Crippen molar-refractivity contribution in [2.24, 2.45) is 0 Å². The molecule has 7 nitrogen and oxygen atoms in total. The van der Waals surface area contributed by atoms with E-state index in [-0.39, 0.29) is 6.42 Å². The van der Waals surface area contributed by atoms with Gasteiger partial charge in [-0.2, -0.15) is 11.8 Å². The maximum atomic E-state index is 13.6. The standard InChI is InChI=1S/C25H36N2O5S2/c1-8-9-10-16-13-17-18(26-12-11-19(17)34-16)14-25(21(28)31-24(5,6)32-25)20(15-33-7)27(22(29)30)23(2,3)4/h11-13,20H,8-10,14-15H2,1-7H3,(H,29,30)/t20-,25+/m0/s1. The number of amides is 1. The Morgan fingerprint density at radius 1 is 1.35 bits per heavy atom. The van der Waals surface area contributed by atoms with Crippen LogP contribution < -0.4 is 0 Å². The van der Waals surface area contributed by atoms with E-state index in [2.05, 4.69) is 18.0 Å². The van der Waals surface area contributed by atoms with Crippen LogP contribution in [0, 0.1) is 0 Å². The van der Waals surface area contributed by atoms with Crippen molar-refractivity contribution in [3.8, 4) is 0 Å². The molecule has 1 aliphatic rings. The zero-order valence-electron chi connectivity index (χ0n) is 21.1.